The van der Waals surface area contributed by atoms with Crippen LogP contribution in [0.25, 0.3) is 27.6 Å². The maximum absolute atomic E-state index is 9.26. The summed E-state index contributed by atoms with van der Waals surface area (Å²) in [5.74, 6) is 1.59. The molecule has 0 bridgehead atoms. The lowest BCUT2D eigenvalue weighted by atomic mass is 10.1. The highest BCUT2D eigenvalue weighted by Crippen LogP contribution is 2.52. The molecule has 0 atom stereocenters. The largest absolute Gasteiger partial charge is 0.453 e. The van der Waals surface area contributed by atoms with E-state index in [1.807, 2.05) is 54.7 Å². The highest BCUT2D eigenvalue weighted by Gasteiger charge is 2.28. The minimum Gasteiger partial charge on any atom is -0.453 e. The van der Waals surface area contributed by atoms with Gasteiger partial charge >= 0.3 is 0 Å². The minimum absolute atomic E-state index is 0.379. The molecule has 0 unspecified atom stereocenters. The van der Waals surface area contributed by atoms with Gasteiger partial charge in [-0.2, -0.15) is 5.26 Å². The van der Waals surface area contributed by atoms with Gasteiger partial charge in [-0.15, -0.1) is 0 Å². The first-order chi connectivity index (χ1) is 17.3. The summed E-state index contributed by atoms with van der Waals surface area (Å²) < 4.78 is 8.41. The van der Waals surface area contributed by atoms with Gasteiger partial charge in [0, 0.05) is 11.6 Å². The topological polar surface area (TPSA) is 67.0 Å². The zero-order chi connectivity index (χ0) is 23.4. The Kier molecular flexibility index (Phi) is 4.11. The molecular formula is C29H17N5O. The molecule has 164 valence electrons. The Bertz CT molecular complexity index is 1750. The molecule has 4 heterocycles. The van der Waals surface area contributed by atoms with Crippen LogP contribution in [-0.2, 0) is 0 Å². The molecule has 0 radical (unpaired) electrons. The van der Waals surface area contributed by atoms with E-state index >= 15 is 0 Å². The van der Waals surface area contributed by atoms with Crippen molar-refractivity contribution in [3.05, 3.63) is 109 Å². The Balaban J connectivity index is 1.61. The SMILES string of the molecule is N#Cc1ccc(-n2c3cccnc3c3cccc(N4c5ccccc5Oc5ccccc54)c32)cn1. The number of fused-ring (bicyclic) bond motifs is 5. The fraction of sp³-hybridized carbons (Fsp3) is 0. The van der Waals surface area contributed by atoms with Crippen LogP contribution in [0.15, 0.2) is 103 Å². The summed E-state index contributed by atoms with van der Waals surface area (Å²) in [6, 6.07) is 32.2. The second-order valence-electron chi connectivity index (χ2n) is 8.27. The summed E-state index contributed by atoms with van der Waals surface area (Å²) >= 11 is 0. The lowest BCUT2D eigenvalue weighted by Gasteiger charge is -2.33. The molecule has 35 heavy (non-hydrogen) atoms. The predicted molar refractivity (Wildman–Crippen MR) is 136 cm³/mol. The van der Waals surface area contributed by atoms with Gasteiger partial charge in [0.1, 0.15) is 11.8 Å². The Hall–Kier alpha value is -5.15. The van der Waals surface area contributed by atoms with Gasteiger partial charge in [0.15, 0.2) is 11.5 Å². The summed E-state index contributed by atoms with van der Waals surface area (Å²) in [5.41, 5.74) is 7.03. The van der Waals surface area contributed by atoms with Crippen LogP contribution in [0.5, 0.6) is 11.5 Å². The van der Waals surface area contributed by atoms with Crippen LogP contribution in [0.4, 0.5) is 17.1 Å². The summed E-state index contributed by atoms with van der Waals surface area (Å²) in [5, 5.41) is 10.3. The van der Waals surface area contributed by atoms with E-state index in [-0.39, 0.29) is 0 Å². The van der Waals surface area contributed by atoms with Crippen LogP contribution in [0.3, 0.4) is 0 Å². The number of nitrogens with zero attached hydrogens (tertiary/aromatic N) is 5. The molecular weight excluding hydrogens is 434 g/mol. The quantitative estimate of drug-likeness (QED) is 0.282. The van der Waals surface area contributed by atoms with E-state index < -0.39 is 0 Å². The Morgan fingerprint density at radius 1 is 0.714 bits per heavy atom. The number of aromatic nitrogens is 3. The van der Waals surface area contributed by atoms with Crippen molar-refractivity contribution in [2.45, 2.75) is 0 Å². The van der Waals surface area contributed by atoms with Crippen molar-refractivity contribution in [1.82, 2.24) is 14.5 Å². The Morgan fingerprint density at radius 3 is 2.17 bits per heavy atom. The maximum Gasteiger partial charge on any atom is 0.151 e. The normalized spacial score (nSPS) is 12.1. The number of anilines is 3. The molecule has 3 aromatic carbocycles. The number of hydrogen-bond acceptors (Lipinski definition) is 5. The number of pyridine rings is 2. The molecule has 6 aromatic rings. The molecule has 0 saturated heterocycles. The van der Waals surface area contributed by atoms with Crippen LogP contribution >= 0.6 is 0 Å². The van der Waals surface area contributed by atoms with E-state index in [4.69, 9.17) is 9.72 Å². The molecule has 7 rings (SSSR count). The second kappa shape index (κ2) is 7.44. The van der Waals surface area contributed by atoms with E-state index in [1.54, 1.807) is 12.3 Å². The van der Waals surface area contributed by atoms with Gasteiger partial charge in [-0.1, -0.05) is 36.4 Å². The van der Waals surface area contributed by atoms with Crippen molar-refractivity contribution < 1.29 is 4.74 Å². The number of nitriles is 1. The minimum atomic E-state index is 0.379. The van der Waals surface area contributed by atoms with Crippen LogP contribution in [0, 0.1) is 11.3 Å². The highest BCUT2D eigenvalue weighted by molar-refractivity contribution is 6.13. The van der Waals surface area contributed by atoms with Crippen molar-refractivity contribution in [2.75, 3.05) is 4.90 Å². The number of hydrogen-bond donors (Lipinski definition) is 0. The molecule has 6 heteroatoms. The van der Waals surface area contributed by atoms with Crippen molar-refractivity contribution >= 4 is 39.0 Å². The van der Waals surface area contributed by atoms with Crippen molar-refractivity contribution in [3.63, 3.8) is 0 Å². The monoisotopic (exact) mass is 451 g/mol. The van der Waals surface area contributed by atoms with E-state index in [2.05, 4.69) is 56.9 Å². The molecule has 3 aromatic heterocycles. The average molecular weight is 451 g/mol. The summed E-state index contributed by atoms with van der Waals surface area (Å²) in [7, 11) is 0. The van der Waals surface area contributed by atoms with Gasteiger partial charge in [0.25, 0.3) is 0 Å². The fourth-order valence-corrected chi connectivity index (χ4v) is 4.86. The fourth-order valence-electron chi connectivity index (χ4n) is 4.86. The molecule has 0 amide bonds. The first-order valence-electron chi connectivity index (χ1n) is 11.2. The van der Waals surface area contributed by atoms with Gasteiger partial charge in [-0.3, -0.25) is 4.98 Å². The molecule has 1 aliphatic rings. The van der Waals surface area contributed by atoms with Crippen LogP contribution in [0.1, 0.15) is 5.69 Å². The smallest absolute Gasteiger partial charge is 0.151 e. The third-order valence-electron chi connectivity index (χ3n) is 6.31. The zero-order valence-corrected chi connectivity index (χ0v) is 18.5. The summed E-state index contributed by atoms with van der Waals surface area (Å²) in [6.45, 7) is 0. The van der Waals surface area contributed by atoms with Crippen molar-refractivity contribution in [3.8, 4) is 23.3 Å². The standard InChI is InChI=1S/C29H17N5O/c30-17-19-14-15-20(18-32-19)33-24-11-6-16-31-28(24)21-7-5-10-25(29(21)33)34-22-8-1-3-12-26(22)35-27-13-4-2-9-23(27)34/h1-16,18H. The van der Waals surface area contributed by atoms with Crippen LogP contribution < -0.4 is 9.64 Å². The van der Waals surface area contributed by atoms with E-state index in [9.17, 15) is 5.26 Å². The zero-order valence-electron chi connectivity index (χ0n) is 18.5. The molecule has 0 spiro atoms. The predicted octanol–water partition coefficient (Wildman–Crippen LogP) is 7.02. The first-order valence-corrected chi connectivity index (χ1v) is 11.2. The molecule has 0 saturated carbocycles. The third kappa shape index (κ3) is 2.82. The van der Waals surface area contributed by atoms with E-state index in [0.29, 0.717) is 5.69 Å². The summed E-state index contributed by atoms with van der Waals surface area (Å²) in [4.78, 5) is 11.3. The second-order valence-corrected chi connectivity index (χ2v) is 8.27. The van der Waals surface area contributed by atoms with Gasteiger partial charge < -0.3 is 14.2 Å². The van der Waals surface area contributed by atoms with Crippen molar-refractivity contribution in [2.24, 2.45) is 0 Å². The Morgan fingerprint density at radius 2 is 1.46 bits per heavy atom. The van der Waals surface area contributed by atoms with Gasteiger partial charge in [0.2, 0.25) is 0 Å². The average Bonchev–Trinajstić information content (AvgIpc) is 3.26. The third-order valence-corrected chi connectivity index (χ3v) is 6.31. The molecule has 0 fully saturated rings. The number of ether oxygens (including phenoxy) is 1. The molecule has 0 aliphatic carbocycles. The Labute approximate surface area is 200 Å². The maximum atomic E-state index is 9.26. The van der Waals surface area contributed by atoms with E-state index in [1.165, 1.54) is 0 Å². The van der Waals surface area contributed by atoms with E-state index in [0.717, 1.165) is 56.2 Å². The number of rotatable bonds is 2. The first kappa shape index (κ1) is 19.3. The number of para-hydroxylation sites is 5. The molecule has 1 aliphatic heterocycles. The number of benzene rings is 3. The van der Waals surface area contributed by atoms with Crippen LogP contribution in [0.2, 0.25) is 0 Å². The lowest BCUT2D eigenvalue weighted by Crippen LogP contribution is -2.16. The lowest BCUT2D eigenvalue weighted by molar-refractivity contribution is 0.477. The highest BCUT2D eigenvalue weighted by atomic mass is 16.5. The van der Waals surface area contributed by atoms with Crippen LogP contribution in [-0.4, -0.2) is 14.5 Å². The summed E-state index contributed by atoms with van der Waals surface area (Å²) in [6.07, 6.45) is 3.55. The molecule has 6 nitrogen and oxygen atoms in total. The van der Waals surface area contributed by atoms with Crippen molar-refractivity contribution in [1.29, 1.82) is 5.26 Å². The molecule has 0 N–H and O–H groups in total. The van der Waals surface area contributed by atoms with Gasteiger partial charge in [-0.05, 0) is 54.6 Å². The van der Waals surface area contributed by atoms with Gasteiger partial charge in [0.05, 0.1) is 45.5 Å². The van der Waals surface area contributed by atoms with Gasteiger partial charge in [-0.25, -0.2) is 4.98 Å².